The van der Waals surface area contributed by atoms with Gasteiger partial charge in [0.25, 0.3) is 0 Å². The SMILES string of the molecule is Cc1ccccc1OCc1c[nH]c2cc(O)ccc12. The van der Waals surface area contributed by atoms with Crippen LogP contribution in [0.5, 0.6) is 11.5 Å². The lowest BCUT2D eigenvalue weighted by Gasteiger charge is -2.08. The third-order valence-electron chi connectivity index (χ3n) is 3.23. The van der Waals surface area contributed by atoms with Crippen LogP contribution in [0, 0.1) is 6.92 Å². The number of para-hydroxylation sites is 1. The Hall–Kier alpha value is -2.42. The quantitative estimate of drug-likeness (QED) is 0.746. The van der Waals surface area contributed by atoms with Crippen LogP contribution in [-0.4, -0.2) is 10.1 Å². The number of fused-ring (bicyclic) bond motifs is 1. The molecular formula is C16H15NO2. The predicted molar refractivity (Wildman–Crippen MR) is 75.5 cm³/mol. The van der Waals surface area contributed by atoms with Gasteiger partial charge in [-0.2, -0.15) is 0 Å². The molecule has 2 aromatic carbocycles. The van der Waals surface area contributed by atoms with E-state index < -0.39 is 0 Å². The number of nitrogens with one attached hydrogen (secondary N) is 1. The minimum Gasteiger partial charge on any atom is -0.508 e. The topological polar surface area (TPSA) is 45.2 Å². The molecule has 0 aliphatic heterocycles. The fourth-order valence-corrected chi connectivity index (χ4v) is 2.17. The van der Waals surface area contributed by atoms with E-state index in [0.717, 1.165) is 27.8 Å². The van der Waals surface area contributed by atoms with Crippen LogP contribution in [-0.2, 0) is 6.61 Å². The van der Waals surface area contributed by atoms with Gasteiger partial charge < -0.3 is 14.8 Å². The number of phenols is 1. The molecule has 3 aromatic rings. The lowest BCUT2D eigenvalue weighted by atomic mass is 10.2. The molecule has 3 heteroatoms. The van der Waals surface area contributed by atoms with Crippen LogP contribution < -0.4 is 4.74 Å². The van der Waals surface area contributed by atoms with Gasteiger partial charge in [0.05, 0.1) is 0 Å². The molecule has 1 aromatic heterocycles. The molecule has 0 aliphatic carbocycles. The highest BCUT2D eigenvalue weighted by molar-refractivity contribution is 5.84. The van der Waals surface area contributed by atoms with Gasteiger partial charge in [-0.3, -0.25) is 0 Å². The first-order valence-corrected chi connectivity index (χ1v) is 6.21. The van der Waals surface area contributed by atoms with E-state index in [1.807, 2.05) is 43.5 Å². The Balaban J connectivity index is 1.84. The largest absolute Gasteiger partial charge is 0.508 e. The van der Waals surface area contributed by atoms with E-state index in [1.54, 1.807) is 12.1 Å². The summed E-state index contributed by atoms with van der Waals surface area (Å²) >= 11 is 0. The molecule has 0 saturated heterocycles. The molecule has 3 rings (SSSR count). The summed E-state index contributed by atoms with van der Waals surface area (Å²) in [6.45, 7) is 2.54. The lowest BCUT2D eigenvalue weighted by molar-refractivity contribution is 0.305. The molecule has 0 radical (unpaired) electrons. The number of rotatable bonds is 3. The van der Waals surface area contributed by atoms with Crippen LogP contribution in [0.15, 0.2) is 48.7 Å². The van der Waals surface area contributed by atoms with Gasteiger partial charge in [-0.05, 0) is 30.7 Å². The van der Waals surface area contributed by atoms with Crippen molar-refractivity contribution in [3.63, 3.8) is 0 Å². The van der Waals surface area contributed by atoms with Crippen molar-refractivity contribution < 1.29 is 9.84 Å². The summed E-state index contributed by atoms with van der Waals surface area (Å²) in [6, 6.07) is 13.3. The zero-order valence-corrected chi connectivity index (χ0v) is 10.7. The smallest absolute Gasteiger partial charge is 0.122 e. The van der Waals surface area contributed by atoms with Crippen LogP contribution in [0.4, 0.5) is 0 Å². The normalized spacial score (nSPS) is 10.8. The van der Waals surface area contributed by atoms with Crippen molar-refractivity contribution in [1.29, 1.82) is 0 Å². The van der Waals surface area contributed by atoms with E-state index in [4.69, 9.17) is 4.74 Å². The van der Waals surface area contributed by atoms with Gasteiger partial charge in [-0.25, -0.2) is 0 Å². The van der Waals surface area contributed by atoms with E-state index in [0.29, 0.717) is 6.61 Å². The van der Waals surface area contributed by atoms with Crippen molar-refractivity contribution in [2.45, 2.75) is 13.5 Å². The first-order chi connectivity index (χ1) is 9.24. The van der Waals surface area contributed by atoms with Gasteiger partial charge in [0, 0.05) is 28.7 Å². The number of aromatic amines is 1. The van der Waals surface area contributed by atoms with Gasteiger partial charge in [-0.1, -0.05) is 18.2 Å². The van der Waals surface area contributed by atoms with Gasteiger partial charge in [0.1, 0.15) is 18.1 Å². The molecule has 1 heterocycles. The summed E-state index contributed by atoms with van der Waals surface area (Å²) in [5, 5.41) is 10.5. The number of aryl methyl sites for hydroxylation is 1. The van der Waals surface area contributed by atoms with Gasteiger partial charge in [0.15, 0.2) is 0 Å². The minimum atomic E-state index is 0.265. The Morgan fingerprint density at radius 3 is 2.84 bits per heavy atom. The zero-order chi connectivity index (χ0) is 13.2. The highest BCUT2D eigenvalue weighted by Crippen LogP contribution is 2.24. The second kappa shape index (κ2) is 4.69. The van der Waals surface area contributed by atoms with E-state index >= 15 is 0 Å². The second-order valence-electron chi connectivity index (χ2n) is 4.60. The van der Waals surface area contributed by atoms with Crippen molar-refractivity contribution in [1.82, 2.24) is 4.98 Å². The highest BCUT2D eigenvalue weighted by Gasteiger charge is 2.06. The molecule has 0 atom stereocenters. The summed E-state index contributed by atoms with van der Waals surface area (Å²) in [5.41, 5.74) is 3.13. The molecule has 19 heavy (non-hydrogen) atoms. The van der Waals surface area contributed by atoms with Crippen LogP contribution in [0.25, 0.3) is 10.9 Å². The molecule has 0 unspecified atom stereocenters. The number of H-pyrrole nitrogens is 1. The summed E-state index contributed by atoms with van der Waals surface area (Å²) < 4.78 is 5.84. The molecule has 96 valence electrons. The third kappa shape index (κ3) is 2.27. The van der Waals surface area contributed by atoms with Gasteiger partial charge in [-0.15, -0.1) is 0 Å². The fraction of sp³-hybridized carbons (Fsp3) is 0.125. The van der Waals surface area contributed by atoms with Crippen LogP contribution >= 0.6 is 0 Å². The molecule has 0 aliphatic rings. The molecule has 0 saturated carbocycles. The van der Waals surface area contributed by atoms with Crippen molar-refractivity contribution in [3.8, 4) is 11.5 Å². The van der Waals surface area contributed by atoms with E-state index in [2.05, 4.69) is 4.98 Å². The molecule has 3 nitrogen and oxygen atoms in total. The predicted octanol–water partition coefficient (Wildman–Crippen LogP) is 3.76. The summed E-state index contributed by atoms with van der Waals surface area (Å²) in [6.07, 6.45) is 1.92. The summed E-state index contributed by atoms with van der Waals surface area (Å²) in [7, 11) is 0. The van der Waals surface area contributed by atoms with Gasteiger partial charge >= 0.3 is 0 Å². The Labute approximate surface area is 111 Å². The van der Waals surface area contributed by atoms with Crippen molar-refractivity contribution >= 4 is 10.9 Å². The number of benzene rings is 2. The average molecular weight is 253 g/mol. The van der Waals surface area contributed by atoms with E-state index in [9.17, 15) is 5.11 Å². The molecule has 0 amide bonds. The fourth-order valence-electron chi connectivity index (χ4n) is 2.17. The van der Waals surface area contributed by atoms with Crippen molar-refractivity contribution in [2.24, 2.45) is 0 Å². The number of phenolic OH excluding ortho intramolecular Hbond substituents is 1. The maximum absolute atomic E-state index is 9.43. The molecule has 0 fully saturated rings. The van der Waals surface area contributed by atoms with Crippen molar-refractivity contribution in [3.05, 3.63) is 59.8 Å². The lowest BCUT2D eigenvalue weighted by Crippen LogP contribution is -1.95. The van der Waals surface area contributed by atoms with Crippen LogP contribution in [0.1, 0.15) is 11.1 Å². The second-order valence-corrected chi connectivity index (χ2v) is 4.60. The molecule has 0 spiro atoms. The molecule has 2 N–H and O–H groups in total. The Morgan fingerprint density at radius 2 is 2.00 bits per heavy atom. The van der Waals surface area contributed by atoms with Crippen molar-refractivity contribution in [2.75, 3.05) is 0 Å². The summed E-state index contributed by atoms with van der Waals surface area (Å²) in [5.74, 6) is 1.16. The average Bonchev–Trinajstić information content (AvgIpc) is 2.80. The maximum atomic E-state index is 9.43. The first kappa shape index (κ1) is 11.7. The molecule has 0 bridgehead atoms. The number of aromatic nitrogens is 1. The highest BCUT2D eigenvalue weighted by atomic mass is 16.5. The summed E-state index contributed by atoms with van der Waals surface area (Å²) in [4.78, 5) is 3.14. The third-order valence-corrected chi connectivity index (χ3v) is 3.23. The zero-order valence-electron chi connectivity index (χ0n) is 10.7. The van der Waals surface area contributed by atoms with E-state index in [-0.39, 0.29) is 5.75 Å². The minimum absolute atomic E-state index is 0.265. The van der Waals surface area contributed by atoms with E-state index in [1.165, 1.54) is 0 Å². The van der Waals surface area contributed by atoms with Gasteiger partial charge in [0.2, 0.25) is 0 Å². The van der Waals surface area contributed by atoms with Crippen LogP contribution in [0.2, 0.25) is 0 Å². The van der Waals surface area contributed by atoms with Crippen LogP contribution in [0.3, 0.4) is 0 Å². The Bertz CT molecular complexity index is 716. The Kier molecular flexibility index (Phi) is 2.88. The number of hydrogen-bond acceptors (Lipinski definition) is 2. The monoisotopic (exact) mass is 253 g/mol. The number of aromatic hydroxyl groups is 1. The maximum Gasteiger partial charge on any atom is 0.122 e. The Morgan fingerprint density at radius 1 is 1.16 bits per heavy atom. The standard InChI is InChI=1S/C16H15NO2/c1-11-4-2-3-5-16(11)19-10-12-9-17-15-8-13(18)6-7-14(12)15/h2-9,17-18H,10H2,1H3. The molecular weight excluding hydrogens is 238 g/mol. The number of hydrogen-bond donors (Lipinski definition) is 2. The number of ether oxygens (including phenoxy) is 1. The first-order valence-electron chi connectivity index (χ1n) is 6.21.